The Morgan fingerprint density at radius 2 is 2.29 bits per heavy atom. The lowest BCUT2D eigenvalue weighted by Gasteiger charge is -2.06. The molecule has 14 heavy (non-hydrogen) atoms. The fourth-order valence-electron chi connectivity index (χ4n) is 0.875. The number of carbonyl (C=O) groups excluding carboxylic acids is 1. The van der Waals surface area contributed by atoms with Crippen LogP contribution in [0.1, 0.15) is 19.8 Å². The minimum Gasteiger partial charge on any atom is -0.461 e. The molecule has 1 rings (SSSR count). The minimum absolute atomic E-state index is 0.0899. The maximum atomic E-state index is 11.3. The summed E-state index contributed by atoms with van der Waals surface area (Å²) in [4.78, 5) is 11.3. The number of rotatable bonds is 6. The van der Waals surface area contributed by atoms with Gasteiger partial charge in [-0.05, 0) is 24.3 Å². The number of nitrogens with one attached hydrogen (secondary N) is 1. The van der Waals surface area contributed by atoms with Gasteiger partial charge in [0.15, 0.2) is 0 Å². The van der Waals surface area contributed by atoms with E-state index in [0.717, 1.165) is 12.8 Å². The lowest BCUT2D eigenvalue weighted by molar-refractivity contribution is -0.146. The summed E-state index contributed by atoms with van der Waals surface area (Å²) < 4.78 is 20.9. The van der Waals surface area contributed by atoms with Gasteiger partial charge in [0.25, 0.3) is 6.35 Å². The van der Waals surface area contributed by atoms with E-state index in [1.807, 2.05) is 0 Å². The molecule has 1 saturated carbocycles. The Morgan fingerprint density at radius 3 is 2.79 bits per heavy atom. The summed E-state index contributed by atoms with van der Waals surface area (Å²) >= 11 is 0. The Kier molecular flexibility index (Phi) is 4.45. The molecular formula is C8H15NO4P+. The van der Waals surface area contributed by atoms with Crippen molar-refractivity contribution in [3.8, 4) is 0 Å². The molecule has 1 aliphatic carbocycles. The maximum Gasteiger partial charge on any atom is 0.461 e. The van der Waals surface area contributed by atoms with Gasteiger partial charge in [-0.1, -0.05) is 5.09 Å². The molecule has 0 aromatic rings. The zero-order valence-electron chi connectivity index (χ0n) is 8.36. The standard InChI is InChI=1S/C8H15NO4P/c1-6(9-14(11)5-12-2)8(10)13-7-3-4-7/h6-7H,3-5H2,1-2H3,(H,9,11)/q+1. The first-order valence-electron chi connectivity index (χ1n) is 4.53. The lowest BCUT2D eigenvalue weighted by atomic mass is 10.4. The summed E-state index contributed by atoms with van der Waals surface area (Å²) in [5, 5.41) is 2.62. The quantitative estimate of drug-likeness (QED) is 0.534. The molecular weight excluding hydrogens is 205 g/mol. The third-order valence-electron chi connectivity index (χ3n) is 1.74. The summed E-state index contributed by atoms with van der Waals surface area (Å²) in [5.74, 6) is -0.341. The number of esters is 1. The topological polar surface area (TPSA) is 64.6 Å². The second-order valence-electron chi connectivity index (χ2n) is 3.28. The van der Waals surface area contributed by atoms with Crippen molar-refractivity contribution in [3.05, 3.63) is 0 Å². The van der Waals surface area contributed by atoms with Gasteiger partial charge in [0.1, 0.15) is 12.1 Å². The first kappa shape index (κ1) is 11.6. The van der Waals surface area contributed by atoms with Crippen LogP contribution in [-0.4, -0.2) is 31.6 Å². The highest BCUT2D eigenvalue weighted by atomic mass is 31.1. The van der Waals surface area contributed by atoms with Crippen molar-refractivity contribution in [2.75, 3.05) is 13.5 Å². The molecule has 0 heterocycles. The van der Waals surface area contributed by atoms with E-state index in [2.05, 4.69) is 9.82 Å². The van der Waals surface area contributed by atoms with E-state index in [-0.39, 0.29) is 18.4 Å². The van der Waals surface area contributed by atoms with Crippen LogP contribution in [0.15, 0.2) is 0 Å². The van der Waals surface area contributed by atoms with Crippen LogP contribution in [-0.2, 0) is 18.8 Å². The fourth-order valence-corrected chi connectivity index (χ4v) is 1.72. The average Bonchev–Trinajstić information content (AvgIpc) is 2.88. The van der Waals surface area contributed by atoms with Crippen molar-refractivity contribution in [2.45, 2.75) is 31.9 Å². The van der Waals surface area contributed by atoms with Crippen molar-refractivity contribution >= 4 is 13.9 Å². The van der Waals surface area contributed by atoms with Crippen LogP contribution in [0, 0.1) is 0 Å². The molecule has 0 radical (unpaired) electrons. The third kappa shape index (κ3) is 4.13. The first-order valence-corrected chi connectivity index (χ1v) is 5.98. The number of methoxy groups -OCH3 is 1. The summed E-state index contributed by atoms with van der Waals surface area (Å²) in [5.41, 5.74) is 0. The Labute approximate surface area is 84.0 Å². The van der Waals surface area contributed by atoms with E-state index < -0.39 is 14.0 Å². The molecule has 0 saturated heterocycles. The second kappa shape index (κ2) is 5.39. The van der Waals surface area contributed by atoms with Crippen LogP contribution < -0.4 is 5.09 Å². The van der Waals surface area contributed by atoms with E-state index in [1.165, 1.54) is 7.11 Å². The van der Waals surface area contributed by atoms with Gasteiger partial charge in [-0.25, -0.2) is 0 Å². The van der Waals surface area contributed by atoms with Crippen LogP contribution in [0.2, 0.25) is 0 Å². The summed E-state index contributed by atoms with van der Waals surface area (Å²) in [7, 11) is -0.220. The Balaban J connectivity index is 2.21. The molecule has 1 fully saturated rings. The van der Waals surface area contributed by atoms with Gasteiger partial charge in [-0.15, -0.1) is 0 Å². The molecule has 2 unspecified atom stereocenters. The normalized spacial score (nSPS) is 18.9. The Hall–Kier alpha value is -0.510. The smallest absolute Gasteiger partial charge is 0.461 e. The van der Waals surface area contributed by atoms with E-state index in [1.54, 1.807) is 6.92 Å². The second-order valence-corrected chi connectivity index (χ2v) is 4.56. The predicted octanol–water partition coefficient (Wildman–Crippen LogP) is 1.02. The average molecular weight is 220 g/mol. The molecule has 0 bridgehead atoms. The van der Waals surface area contributed by atoms with E-state index in [0.29, 0.717) is 0 Å². The number of hydrogen-bond donors (Lipinski definition) is 1. The van der Waals surface area contributed by atoms with Gasteiger partial charge >= 0.3 is 13.9 Å². The van der Waals surface area contributed by atoms with Gasteiger partial charge < -0.3 is 9.47 Å². The Morgan fingerprint density at radius 1 is 1.64 bits per heavy atom. The lowest BCUT2D eigenvalue weighted by Crippen LogP contribution is -2.31. The summed E-state index contributed by atoms with van der Waals surface area (Å²) in [6, 6.07) is -0.533. The molecule has 0 aromatic heterocycles. The van der Waals surface area contributed by atoms with Crippen molar-refractivity contribution in [1.82, 2.24) is 5.09 Å². The highest BCUT2D eigenvalue weighted by Gasteiger charge is 2.31. The monoisotopic (exact) mass is 220 g/mol. The van der Waals surface area contributed by atoms with Crippen molar-refractivity contribution in [1.29, 1.82) is 0 Å². The van der Waals surface area contributed by atoms with Crippen LogP contribution >= 0.6 is 7.95 Å². The molecule has 2 atom stereocenters. The minimum atomic E-state index is -1.68. The molecule has 0 amide bonds. The largest absolute Gasteiger partial charge is 0.461 e. The van der Waals surface area contributed by atoms with Gasteiger partial charge in [0, 0.05) is 7.11 Å². The number of hydrogen-bond acceptors (Lipinski definition) is 4. The van der Waals surface area contributed by atoms with Gasteiger partial charge in [0.05, 0.1) is 0 Å². The van der Waals surface area contributed by atoms with Crippen LogP contribution in [0.4, 0.5) is 0 Å². The molecule has 6 heteroatoms. The molecule has 80 valence electrons. The first-order chi connectivity index (χ1) is 6.63. The highest BCUT2D eigenvalue weighted by molar-refractivity contribution is 7.42. The molecule has 1 aliphatic rings. The van der Waals surface area contributed by atoms with Gasteiger partial charge in [-0.2, -0.15) is 0 Å². The van der Waals surface area contributed by atoms with Gasteiger partial charge in [-0.3, -0.25) is 4.79 Å². The van der Waals surface area contributed by atoms with E-state index in [9.17, 15) is 9.36 Å². The maximum absolute atomic E-state index is 11.3. The molecule has 5 nitrogen and oxygen atoms in total. The third-order valence-corrected chi connectivity index (χ3v) is 2.91. The molecule has 1 N–H and O–H groups in total. The highest BCUT2D eigenvalue weighted by Crippen LogP contribution is 2.24. The SMILES string of the molecule is COC[P+](=O)NC(C)C(=O)OC1CC1. The number of carbonyl (C=O) groups is 1. The zero-order valence-corrected chi connectivity index (χ0v) is 9.25. The number of ether oxygens (including phenoxy) is 2. The van der Waals surface area contributed by atoms with E-state index in [4.69, 9.17) is 4.74 Å². The van der Waals surface area contributed by atoms with Gasteiger partial charge in [0.2, 0.25) is 0 Å². The Bertz CT molecular complexity index is 229. The van der Waals surface area contributed by atoms with Crippen LogP contribution in [0.5, 0.6) is 0 Å². The zero-order chi connectivity index (χ0) is 10.6. The molecule has 0 aromatic carbocycles. The van der Waals surface area contributed by atoms with Crippen LogP contribution in [0.3, 0.4) is 0 Å². The summed E-state index contributed by atoms with van der Waals surface area (Å²) in [6.07, 6.45) is 2.09. The van der Waals surface area contributed by atoms with E-state index >= 15 is 0 Å². The predicted molar refractivity (Wildman–Crippen MR) is 51.2 cm³/mol. The van der Waals surface area contributed by atoms with Crippen molar-refractivity contribution in [2.24, 2.45) is 0 Å². The van der Waals surface area contributed by atoms with Crippen molar-refractivity contribution in [3.63, 3.8) is 0 Å². The fraction of sp³-hybridized carbons (Fsp3) is 0.875. The van der Waals surface area contributed by atoms with Crippen molar-refractivity contribution < 1.29 is 18.8 Å². The molecule has 0 spiro atoms. The summed E-state index contributed by atoms with van der Waals surface area (Å²) in [6.45, 7) is 1.63. The molecule has 0 aliphatic heterocycles. The van der Waals surface area contributed by atoms with Crippen LogP contribution in [0.25, 0.3) is 0 Å².